The predicted octanol–water partition coefficient (Wildman–Crippen LogP) is 4.43. The first-order chi connectivity index (χ1) is 13.8. The molecule has 0 unspecified atom stereocenters. The fourth-order valence-electron chi connectivity index (χ4n) is 2.76. The zero-order chi connectivity index (χ0) is 20.9. The molecule has 150 valence electrons. The molecule has 7 heteroatoms. The Morgan fingerprint density at radius 2 is 1.55 bits per heavy atom. The molecule has 0 atom stereocenters. The van der Waals surface area contributed by atoms with Gasteiger partial charge in [0.25, 0.3) is 0 Å². The number of halogens is 1. The van der Waals surface area contributed by atoms with Gasteiger partial charge in [-0.3, -0.25) is 4.79 Å². The van der Waals surface area contributed by atoms with Crippen LogP contribution in [-0.4, -0.2) is 25.2 Å². The van der Waals surface area contributed by atoms with Gasteiger partial charge in [0, 0.05) is 15.8 Å². The molecule has 3 aromatic carbocycles. The van der Waals surface area contributed by atoms with E-state index in [1.54, 1.807) is 30.3 Å². The van der Waals surface area contributed by atoms with E-state index < -0.39 is 15.9 Å². The predicted molar refractivity (Wildman–Crippen MR) is 123 cm³/mol. The number of anilines is 1. The van der Waals surface area contributed by atoms with E-state index in [9.17, 15) is 13.2 Å². The number of hydrogen-bond acceptors (Lipinski definition) is 3. The molecule has 3 rings (SSSR count). The van der Waals surface area contributed by atoms with Crippen molar-refractivity contribution in [1.29, 1.82) is 0 Å². The van der Waals surface area contributed by atoms with Gasteiger partial charge in [-0.05, 0) is 71.5 Å². The molecule has 0 aliphatic rings. The first-order valence-electron chi connectivity index (χ1n) is 9.01. The Morgan fingerprint density at radius 1 is 0.931 bits per heavy atom. The largest absolute Gasteiger partial charge is 0.325 e. The van der Waals surface area contributed by atoms with Crippen molar-refractivity contribution in [1.82, 2.24) is 4.31 Å². The number of aryl methyl sites for hydroxylation is 1. The number of nitrogens with zero attached hydrogens (tertiary/aromatic N) is 1. The fourth-order valence-corrected chi connectivity index (χ4v) is 4.52. The third-order valence-electron chi connectivity index (χ3n) is 4.31. The Balaban J connectivity index is 1.84. The van der Waals surface area contributed by atoms with Gasteiger partial charge in [0.05, 0.1) is 11.4 Å². The lowest BCUT2D eigenvalue weighted by molar-refractivity contribution is -0.116. The molecular weight excluding hydrogens is 499 g/mol. The summed E-state index contributed by atoms with van der Waals surface area (Å²) in [5, 5.41) is 2.77. The van der Waals surface area contributed by atoms with Crippen molar-refractivity contribution in [2.45, 2.75) is 18.4 Å². The lowest BCUT2D eigenvalue weighted by atomic mass is 10.1. The maximum atomic E-state index is 13.2. The summed E-state index contributed by atoms with van der Waals surface area (Å²) in [7, 11) is -3.83. The van der Waals surface area contributed by atoms with Gasteiger partial charge in [-0.15, -0.1) is 0 Å². The Morgan fingerprint density at radius 3 is 2.17 bits per heavy atom. The minimum atomic E-state index is -3.83. The molecule has 0 bridgehead atoms. The topological polar surface area (TPSA) is 66.5 Å². The highest BCUT2D eigenvalue weighted by molar-refractivity contribution is 14.1. The number of carbonyl (C=O) groups excluding carboxylic acids is 1. The summed E-state index contributed by atoms with van der Waals surface area (Å²) in [4.78, 5) is 12.8. The third-order valence-corrected chi connectivity index (χ3v) is 6.83. The maximum Gasteiger partial charge on any atom is 0.243 e. The van der Waals surface area contributed by atoms with Crippen LogP contribution in [0.2, 0.25) is 0 Å². The summed E-state index contributed by atoms with van der Waals surface area (Å²) >= 11 is 2.18. The highest BCUT2D eigenvalue weighted by Crippen LogP contribution is 2.19. The molecule has 0 saturated heterocycles. The molecule has 0 saturated carbocycles. The highest BCUT2D eigenvalue weighted by Gasteiger charge is 2.26. The number of carbonyl (C=O) groups is 1. The van der Waals surface area contributed by atoms with Gasteiger partial charge < -0.3 is 5.32 Å². The Kier molecular flexibility index (Phi) is 7.05. The van der Waals surface area contributed by atoms with Gasteiger partial charge in [-0.1, -0.05) is 48.0 Å². The zero-order valence-corrected chi connectivity index (χ0v) is 18.9. The third kappa shape index (κ3) is 5.88. The van der Waals surface area contributed by atoms with Crippen LogP contribution in [-0.2, 0) is 21.4 Å². The van der Waals surface area contributed by atoms with Crippen molar-refractivity contribution in [3.05, 3.63) is 93.6 Å². The first-order valence-corrected chi connectivity index (χ1v) is 11.5. The van der Waals surface area contributed by atoms with Gasteiger partial charge in [-0.2, -0.15) is 4.31 Å². The Hall–Kier alpha value is -2.23. The van der Waals surface area contributed by atoms with E-state index in [2.05, 4.69) is 27.9 Å². The normalized spacial score (nSPS) is 11.4. The van der Waals surface area contributed by atoms with Gasteiger partial charge in [0.15, 0.2) is 0 Å². The van der Waals surface area contributed by atoms with Gasteiger partial charge in [0.2, 0.25) is 15.9 Å². The molecule has 0 fully saturated rings. The molecule has 0 radical (unpaired) electrons. The summed E-state index contributed by atoms with van der Waals surface area (Å²) in [6.45, 7) is 1.80. The van der Waals surface area contributed by atoms with Crippen LogP contribution < -0.4 is 5.32 Å². The minimum Gasteiger partial charge on any atom is -0.325 e. The van der Waals surface area contributed by atoms with Crippen LogP contribution in [0.15, 0.2) is 83.8 Å². The van der Waals surface area contributed by atoms with Crippen LogP contribution in [0.5, 0.6) is 0 Å². The number of sulfonamides is 1. The van der Waals surface area contributed by atoms with Crippen molar-refractivity contribution in [2.24, 2.45) is 0 Å². The van der Waals surface area contributed by atoms with Crippen LogP contribution in [0.3, 0.4) is 0 Å². The number of rotatable bonds is 7. The quantitative estimate of drug-likeness (QED) is 0.469. The van der Waals surface area contributed by atoms with E-state index in [4.69, 9.17) is 0 Å². The molecule has 0 aliphatic heterocycles. The van der Waals surface area contributed by atoms with Crippen molar-refractivity contribution in [3.63, 3.8) is 0 Å². The van der Waals surface area contributed by atoms with Crippen molar-refractivity contribution >= 4 is 44.2 Å². The van der Waals surface area contributed by atoms with E-state index in [0.29, 0.717) is 5.69 Å². The van der Waals surface area contributed by atoms with E-state index in [-0.39, 0.29) is 18.0 Å². The zero-order valence-electron chi connectivity index (χ0n) is 15.9. The van der Waals surface area contributed by atoms with E-state index in [1.807, 2.05) is 43.3 Å². The summed E-state index contributed by atoms with van der Waals surface area (Å²) in [5.41, 5.74) is 2.53. The van der Waals surface area contributed by atoms with Crippen LogP contribution in [0.4, 0.5) is 5.69 Å². The van der Waals surface area contributed by atoms with Gasteiger partial charge >= 0.3 is 0 Å². The molecule has 3 aromatic rings. The van der Waals surface area contributed by atoms with Crippen LogP contribution in [0.1, 0.15) is 11.1 Å². The average molecular weight is 520 g/mol. The lowest BCUT2D eigenvalue weighted by Gasteiger charge is -2.22. The molecule has 0 spiro atoms. The second-order valence-corrected chi connectivity index (χ2v) is 9.81. The van der Waals surface area contributed by atoms with E-state index in [0.717, 1.165) is 14.7 Å². The van der Waals surface area contributed by atoms with E-state index >= 15 is 0 Å². The summed E-state index contributed by atoms with van der Waals surface area (Å²) in [5.74, 6) is -0.391. The molecule has 29 heavy (non-hydrogen) atoms. The summed E-state index contributed by atoms with van der Waals surface area (Å²) in [6.07, 6.45) is 0. The number of hydrogen-bond donors (Lipinski definition) is 1. The van der Waals surface area contributed by atoms with Gasteiger partial charge in [-0.25, -0.2) is 8.42 Å². The number of nitrogens with one attached hydrogen (secondary N) is 1. The number of benzene rings is 3. The van der Waals surface area contributed by atoms with Gasteiger partial charge in [0.1, 0.15) is 0 Å². The van der Waals surface area contributed by atoms with Crippen molar-refractivity contribution in [2.75, 3.05) is 11.9 Å². The fraction of sp³-hybridized carbons (Fsp3) is 0.136. The molecule has 1 N–H and O–H groups in total. The maximum absolute atomic E-state index is 13.2. The smallest absolute Gasteiger partial charge is 0.243 e. The number of amides is 1. The monoisotopic (exact) mass is 520 g/mol. The SMILES string of the molecule is Cc1ccc(CN(CC(=O)Nc2ccc(I)cc2)S(=O)(=O)c2ccccc2)cc1. The van der Waals surface area contributed by atoms with Crippen LogP contribution in [0.25, 0.3) is 0 Å². The second kappa shape index (κ2) is 9.51. The van der Waals surface area contributed by atoms with Crippen LogP contribution >= 0.6 is 22.6 Å². The van der Waals surface area contributed by atoms with Crippen molar-refractivity contribution in [3.8, 4) is 0 Å². The molecule has 0 aromatic heterocycles. The summed E-state index contributed by atoms with van der Waals surface area (Å²) < 4.78 is 28.6. The lowest BCUT2D eigenvalue weighted by Crippen LogP contribution is -2.37. The second-order valence-electron chi connectivity index (χ2n) is 6.63. The highest BCUT2D eigenvalue weighted by atomic mass is 127. The Labute approximate surface area is 184 Å². The molecule has 5 nitrogen and oxygen atoms in total. The summed E-state index contributed by atoms with van der Waals surface area (Å²) in [6, 6.07) is 23.1. The first kappa shape index (κ1) is 21.5. The molecule has 1 amide bonds. The standard InChI is InChI=1S/C22H21IN2O3S/c1-17-7-9-18(10-8-17)15-25(29(27,28)21-5-3-2-4-6-21)16-22(26)24-20-13-11-19(23)12-14-20/h2-14H,15-16H2,1H3,(H,24,26). The molecular formula is C22H21IN2O3S. The van der Waals surface area contributed by atoms with Crippen LogP contribution in [0, 0.1) is 10.5 Å². The Bertz CT molecular complexity index is 1070. The average Bonchev–Trinajstić information content (AvgIpc) is 2.71. The minimum absolute atomic E-state index is 0.109. The van der Waals surface area contributed by atoms with E-state index in [1.165, 1.54) is 16.4 Å². The molecule has 0 aliphatic carbocycles. The molecule has 0 heterocycles. The van der Waals surface area contributed by atoms with Crippen molar-refractivity contribution < 1.29 is 13.2 Å².